The smallest absolute Gasteiger partial charge is 0.0348 e. The van der Waals surface area contributed by atoms with E-state index in [1.54, 1.807) is 0 Å². The van der Waals surface area contributed by atoms with E-state index in [-0.39, 0.29) is 0 Å². The lowest BCUT2D eigenvalue weighted by molar-refractivity contribution is 0.615. The quantitative estimate of drug-likeness (QED) is 0.684. The Morgan fingerprint density at radius 2 is 1.78 bits per heavy atom. The third-order valence-electron chi connectivity index (χ3n) is 3.40. The Kier molecular flexibility index (Phi) is 4.63. The highest BCUT2D eigenvalue weighted by atomic mass is 14.9. The summed E-state index contributed by atoms with van der Waals surface area (Å²) in [7, 11) is 0. The van der Waals surface area contributed by atoms with Gasteiger partial charge in [-0.2, -0.15) is 0 Å². The minimum Gasteiger partial charge on any atom is -0.383 e. The van der Waals surface area contributed by atoms with Crippen molar-refractivity contribution in [3.8, 4) is 0 Å². The zero-order chi connectivity index (χ0) is 12.8. The van der Waals surface area contributed by atoms with Crippen molar-refractivity contribution in [2.24, 2.45) is 0 Å². The van der Waals surface area contributed by atoms with Gasteiger partial charge in [0.2, 0.25) is 0 Å². The van der Waals surface area contributed by atoms with E-state index in [2.05, 4.69) is 61.6 Å². The van der Waals surface area contributed by atoms with Crippen LogP contribution in [-0.4, -0.2) is 6.04 Å². The summed E-state index contributed by atoms with van der Waals surface area (Å²) in [6, 6.07) is 15.7. The van der Waals surface area contributed by atoms with E-state index in [1.807, 2.05) is 0 Å². The maximum atomic E-state index is 3.59. The molecule has 1 atom stereocenters. The molecule has 0 heterocycles. The van der Waals surface area contributed by atoms with E-state index in [0.29, 0.717) is 6.04 Å². The molecule has 0 spiro atoms. The Morgan fingerprint density at radius 1 is 1.00 bits per heavy atom. The molecule has 1 N–H and O–H groups in total. The predicted molar refractivity (Wildman–Crippen MR) is 81.2 cm³/mol. The van der Waals surface area contributed by atoms with Gasteiger partial charge in [-0.15, -0.1) is 0 Å². The number of hydrogen-bond donors (Lipinski definition) is 1. The Bertz CT molecular complexity index is 490. The van der Waals surface area contributed by atoms with Gasteiger partial charge < -0.3 is 5.32 Å². The van der Waals surface area contributed by atoms with Crippen LogP contribution in [0.15, 0.2) is 42.5 Å². The summed E-state index contributed by atoms with van der Waals surface area (Å²) in [6.07, 6.45) is 5.20. The van der Waals surface area contributed by atoms with Crippen LogP contribution in [0.25, 0.3) is 10.8 Å². The first-order valence-electron chi connectivity index (χ1n) is 7.05. The molecule has 0 aliphatic heterocycles. The van der Waals surface area contributed by atoms with Crippen LogP contribution in [0.1, 0.15) is 39.5 Å². The predicted octanol–water partition coefficient (Wildman–Crippen LogP) is 5.22. The van der Waals surface area contributed by atoms with Gasteiger partial charge in [0.1, 0.15) is 0 Å². The standard InChI is InChI=1S/C17H23N/c1-3-4-5-8-14(2)18-17-12-11-15-9-6-7-10-16(15)13-17/h6-7,9-14,18H,3-5,8H2,1-2H3. The van der Waals surface area contributed by atoms with Crippen molar-refractivity contribution >= 4 is 16.5 Å². The molecule has 1 heteroatoms. The van der Waals surface area contributed by atoms with Crippen LogP contribution < -0.4 is 5.32 Å². The van der Waals surface area contributed by atoms with Gasteiger partial charge in [0.15, 0.2) is 0 Å². The first kappa shape index (κ1) is 12.9. The van der Waals surface area contributed by atoms with Gasteiger partial charge in [-0.1, -0.05) is 56.5 Å². The Balaban J connectivity index is 1.98. The third kappa shape index (κ3) is 3.49. The molecule has 0 radical (unpaired) electrons. The lowest BCUT2D eigenvalue weighted by atomic mass is 10.1. The summed E-state index contributed by atoms with van der Waals surface area (Å²) in [5.74, 6) is 0. The SMILES string of the molecule is CCCCCC(C)Nc1ccc2ccccc2c1. The van der Waals surface area contributed by atoms with Crippen molar-refractivity contribution in [2.45, 2.75) is 45.6 Å². The van der Waals surface area contributed by atoms with Gasteiger partial charge in [0, 0.05) is 11.7 Å². The summed E-state index contributed by atoms with van der Waals surface area (Å²) >= 11 is 0. The van der Waals surface area contributed by atoms with Gasteiger partial charge in [0.25, 0.3) is 0 Å². The van der Waals surface area contributed by atoms with Crippen LogP contribution in [0.2, 0.25) is 0 Å². The molecule has 96 valence electrons. The highest BCUT2D eigenvalue weighted by molar-refractivity contribution is 5.85. The van der Waals surface area contributed by atoms with Crippen LogP contribution in [0.3, 0.4) is 0 Å². The van der Waals surface area contributed by atoms with Crippen LogP contribution >= 0.6 is 0 Å². The minimum absolute atomic E-state index is 0.553. The van der Waals surface area contributed by atoms with Gasteiger partial charge in [0.05, 0.1) is 0 Å². The molecule has 18 heavy (non-hydrogen) atoms. The third-order valence-corrected chi connectivity index (χ3v) is 3.40. The molecule has 0 saturated carbocycles. The lowest BCUT2D eigenvalue weighted by Crippen LogP contribution is -2.14. The summed E-state index contributed by atoms with van der Waals surface area (Å²) in [6.45, 7) is 4.52. The summed E-state index contributed by atoms with van der Waals surface area (Å²) in [5.41, 5.74) is 1.23. The van der Waals surface area contributed by atoms with E-state index in [4.69, 9.17) is 0 Å². The van der Waals surface area contributed by atoms with E-state index < -0.39 is 0 Å². The van der Waals surface area contributed by atoms with Crippen molar-refractivity contribution < 1.29 is 0 Å². The fourth-order valence-electron chi connectivity index (χ4n) is 2.34. The second-order valence-electron chi connectivity index (χ2n) is 5.10. The van der Waals surface area contributed by atoms with Crippen molar-refractivity contribution in [1.82, 2.24) is 0 Å². The molecule has 0 aliphatic carbocycles. The van der Waals surface area contributed by atoms with Crippen molar-refractivity contribution in [3.63, 3.8) is 0 Å². The van der Waals surface area contributed by atoms with Crippen molar-refractivity contribution in [2.75, 3.05) is 5.32 Å². The number of nitrogens with one attached hydrogen (secondary N) is 1. The topological polar surface area (TPSA) is 12.0 Å². The fourth-order valence-corrected chi connectivity index (χ4v) is 2.34. The van der Waals surface area contributed by atoms with E-state index >= 15 is 0 Å². The van der Waals surface area contributed by atoms with Crippen LogP contribution in [0, 0.1) is 0 Å². The number of fused-ring (bicyclic) bond motifs is 1. The first-order valence-corrected chi connectivity index (χ1v) is 7.05. The molecule has 0 fully saturated rings. The molecule has 0 aliphatic rings. The molecule has 0 bridgehead atoms. The molecule has 1 unspecified atom stereocenters. The fraction of sp³-hybridized carbons (Fsp3) is 0.412. The summed E-state index contributed by atoms with van der Waals surface area (Å²) in [4.78, 5) is 0. The molecular formula is C17H23N. The highest BCUT2D eigenvalue weighted by Crippen LogP contribution is 2.20. The molecule has 0 saturated heterocycles. The zero-order valence-electron chi connectivity index (χ0n) is 11.4. The minimum atomic E-state index is 0.553. The molecule has 2 rings (SSSR count). The Morgan fingerprint density at radius 3 is 2.56 bits per heavy atom. The second-order valence-corrected chi connectivity index (χ2v) is 5.10. The number of hydrogen-bond acceptors (Lipinski definition) is 1. The molecule has 0 aromatic heterocycles. The van der Waals surface area contributed by atoms with Gasteiger partial charge in [-0.25, -0.2) is 0 Å². The first-order chi connectivity index (χ1) is 8.79. The average molecular weight is 241 g/mol. The summed E-state index contributed by atoms with van der Waals surface area (Å²) < 4.78 is 0. The largest absolute Gasteiger partial charge is 0.383 e. The van der Waals surface area contributed by atoms with Crippen LogP contribution in [-0.2, 0) is 0 Å². The van der Waals surface area contributed by atoms with Crippen LogP contribution in [0.5, 0.6) is 0 Å². The normalized spacial score (nSPS) is 12.6. The number of unbranched alkanes of at least 4 members (excludes halogenated alkanes) is 2. The van der Waals surface area contributed by atoms with Crippen molar-refractivity contribution in [1.29, 1.82) is 0 Å². The lowest BCUT2D eigenvalue weighted by Gasteiger charge is -2.15. The Labute approximate surface area is 110 Å². The zero-order valence-corrected chi connectivity index (χ0v) is 11.4. The number of benzene rings is 2. The molecular weight excluding hydrogens is 218 g/mol. The van der Waals surface area contributed by atoms with E-state index in [0.717, 1.165) is 0 Å². The summed E-state index contributed by atoms with van der Waals surface area (Å²) in [5, 5.41) is 6.21. The molecule has 2 aromatic carbocycles. The Hall–Kier alpha value is -1.50. The van der Waals surface area contributed by atoms with Crippen molar-refractivity contribution in [3.05, 3.63) is 42.5 Å². The van der Waals surface area contributed by atoms with E-state index in [1.165, 1.54) is 42.1 Å². The number of anilines is 1. The van der Waals surface area contributed by atoms with Gasteiger partial charge in [-0.3, -0.25) is 0 Å². The molecule has 0 amide bonds. The average Bonchev–Trinajstić information content (AvgIpc) is 2.39. The maximum absolute atomic E-state index is 3.59. The molecule has 2 aromatic rings. The second kappa shape index (κ2) is 6.44. The number of rotatable bonds is 6. The van der Waals surface area contributed by atoms with Gasteiger partial charge >= 0.3 is 0 Å². The van der Waals surface area contributed by atoms with E-state index in [9.17, 15) is 0 Å². The van der Waals surface area contributed by atoms with Gasteiger partial charge in [-0.05, 0) is 36.2 Å². The maximum Gasteiger partial charge on any atom is 0.0348 e. The monoisotopic (exact) mass is 241 g/mol. The van der Waals surface area contributed by atoms with Crippen LogP contribution in [0.4, 0.5) is 5.69 Å². The molecule has 1 nitrogen and oxygen atoms in total. The highest BCUT2D eigenvalue weighted by Gasteiger charge is 2.02.